The highest BCUT2D eigenvalue weighted by Crippen LogP contribution is 2.19. The van der Waals surface area contributed by atoms with Gasteiger partial charge in [0.1, 0.15) is 0 Å². The molecule has 0 aromatic carbocycles. The monoisotopic (exact) mass is 201 g/mol. The first kappa shape index (κ1) is 12.0. The maximum absolute atomic E-state index is 9.96. The van der Waals surface area contributed by atoms with Crippen LogP contribution in [0.5, 0.6) is 0 Å². The molecular formula is C11H23NO2. The van der Waals surface area contributed by atoms with Crippen LogP contribution in [0, 0.1) is 0 Å². The Morgan fingerprint density at radius 1 is 1.50 bits per heavy atom. The zero-order chi connectivity index (χ0) is 10.8. The van der Waals surface area contributed by atoms with E-state index in [4.69, 9.17) is 4.74 Å². The number of β-amino-alcohol motifs (C(OH)–C–C–N with tert-alkyl or cyclic N) is 1. The van der Waals surface area contributed by atoms with Gasteiger partial charge in [0.05, 0.1) is 17.8 Å². The number of hydrogen-bond donors (Lipinski definition) is 1. The number of hydrogen-bond acceptors (Lipinski definition) is 3. The van der Waals surface area contributed by atoms with E-state index in [0.29, 0.717) is 0 Å². The Morgan fingerprint density at radius 3 is 2.64 bits per heavy atom. The van der Waals surface area contributed by atoms with Gasteiger partial charge in [0.15, 0.2) is 0 Å². The molecule has 14 heavy (non-hydrogen) atoms. The van der Waals surface area contributed by atoms with Crippen LogP contribution in [0.2, 0.25) is 0 Å². The highest BCUT2D eigenvalue weighted by atomic mass is 16.5. The summed E-state index contributed by atoms with van der Waals surface area (Å²) < 4.78 is 5.62. The largest absolute Gasteiger partial charge is 0.389 e. The van der Waals surface area contributed by atoms with Crippen molar-refractivity contribution in [1.29, 1.82) is 0 Å². The van der Waals surface area contributed by atoms with E-state index in [1.165, 1.54) is 0 Å². The van der Waals surface area contributed by atoms with E-state index >= 15 is 0 Å². The van der Waals surface area contributed by atoms with Crippen molar-refractivity contribution in [2.45, 2.75) is 45.3 Å². The second-order valence-corrected chi connectivity index (χ2v) is 5.17. The van der Waals surface area contributed by atoms with Crippen molar-refractivity contribution in [1.82, 2.24) is 4.90 Å². The van der Waals surface area contributed by atoms with Crippen molar-refractivity contribution in [3.8, 4) is 0 Å². The third kappa shape index (κ3) is 3.56. The summed E-state index contributed by atoms with van der Waals surface area (Å²) in [4.78, 5) is 2.28. The molecule has 0 radical (unpaired) electrons. The molecule has 0 spiro atoms. The molecule has 1 rings (SSSR count). The molecule has 3 heteroatoms. The molecule has 1 aliphatic rings. The van der Waals surface area contributed by atoms with Crippen molar-refractivity contribution in [3.63, 3.8) is 0 Å². The molecule has 1 aliphatic heterocycles. The Balaban J connectivity index is 2.46. The average Bonchev–Trinajstić information content (AvgIpc) is 2.01. The third-order valence-corrected chi connectivity index (χ3v) is 2.83. The van der Waals surface area contributed by atoms with E-state index < -0.39 is 5.60 Å². The molecule has 0 aromatic heterocycles. The highest BCUT2D eigenvalue weighted by molar-refractivity contribution is 4.83. The second kappa shape index (κ2) is 4.17. The lowest BCUT2D eigenvalue weighted by atomic mass is 10.0. The molecule has 3 nitrogen and oxygen atoms in total. The van der Waals surface area contributed by atoms with Gasteiger partial charge in [-0.3, -0.25) is 4.90 Å². The Hall–Kier alpha value is -0.120. The normalized spacial score (nSPS) is 27.2. The van der Waals surface area contributed by atoms with Gasteiger partial charge in [-0.05, 0) is 27.2 Å². The van der Waals surface area contributed by atoms with E-state index in [0.717, 1.165) is 32.7 Å². The Bertz CT molecular complexity index is 190. The van der Waals surface area contributed by atoms with Crippen LogP contribution in [0.1, 0.15) is 34.1 Å². The summed E-state index contributed by atoms with van der Waals surface area (Å²) in [5, 5.41) is 9.96. The van der Waals surface area contributed by atoms with Crippen molar-refractivity contribution < 1.29 is 9.84 Å². The topological polar surface area (TPSA) is 32.7 Å². The zero-order valence-electron chi connectivity index (χ0n) is 9.84. The SMILES string of the molecule is CCC(C)(O)CN1CCOC(C)(C)C1. The highest BCUT2D eigenvalue weighted by Gasteiger charge is 2.30. The number of morpholine rings is 1. The van der Waals surface area contributed by atoms with E-state index in [2.05, 4.69) is 18.7 Å². The van der Waals surface area contributed by atoms with Crippen LogP contribution in [0.4, 0.5) is 0 Å². The standard InChI is InChI=1S/C11H23NO2/c1-5-11(4,13)9-12-6-7-14-10(2,3)8-12/h13H,5-9H2,1-4H3. The number of nitrogens with zero attached hydrogens (tertiary/aromatic N) is 1. The molecule has 0 aromatic rings. The fourth-order valence-electron chi connectivity index (χ4n) is 1.84. The minimum absolute atomic E-state index is 0.0674. The lowest BCUT2D eigenvalue weighted by Crippen LogP contribution is -2.52. The van der Waals surface area contributed by atoms with E-state index in [-0.39, 0.29) is 5.60 Å². The second-order valence-electron chi connectivity index (χ2n) is 5.17. The summed E-state index contributed by atoms with van der Waals surface area (Å²) in [5.41, 5.74) is -0.629. The number of rotatable bonds is 3. The molecule has 1 heterocycles. The molecule has 84 valence electrons. The van der Waals surface area contributed by atoms with Crippen LogP contribution < -0.4 is 0 Å². The van der Waals surface area contributed by atoms with Gasteiger partial charge in [-0.15, -0.1) is 0 Å². The maximum atomic E-state index is 9.96. The minimum atomic E-state index is -0.562. The van der Waals surface area contributed by atoms with Gasteiger partial charge in [-0.2, -0.15) is 0 Å². The van der Waals surface area contributed by atoms with Gasteiger partial charge in [-0.1, -0.05) is 6.92 Å². The Labute approximate surface area is 87.1 Å². The minimum Gasteiger partial charge on any atom is -0.389 e. The quantitative estimate of drug-likeness (QED) is 0.746. The van der Waals surface area contributed by atoms with Crippen LogP contribution in [-0.2, 0) is 4.74 Å². The van der Waals surface area contributed by atoms with Gasteiger partial charge in [0.2, 0.25) is 0 Å². The van der Waals surface area contributed by atoms with E-state index in [9.17, 15) is 5.11 Å². The molecule has 1 fully saturated rings. The molecule has 0 aliphatic carbocycles. The third-order valence-electron chi connectivity index (χ3n) is 2.83. The van der Waals surface area contributed by atoms with Crippen molar-refractivity contribution in [3.05, 3.63) is 0 Å². The van der Waals surface area contributed by atoms with Crippen molar-refractivity contribution >= 4 is 0 Å². The molecule has 1 unspecified atom stereocenters. The number of aliphatic hydroxyl groups is 1. The zero-order valence-corrected chi connectivity index (χ0v) is 9.84. The van der Waals surface area contributed by atoms with Crippen molar-refractivity contribution in [2.24, 2.45) is 0 Å². The summed E-state index contributed by atoms with van der Waals surface area (Å²) in [6, 6.07) is 0. The van der Waals surface area contributed by atoms with Crippen LogP contribution in [0.3, 0.4) is 0 Å². The maximum Gasteiger partial charge on any atom is 0.0753 e. The van der Waals surface area contributed by atoms with Gasteiger partial charge >= 0.3 is 0 Å². The molecule has 1 N–H and O–H groups in total. The molecule has 0 amide bonds. The lowest BCUT2D eigenvalue weighted by molar-refractivity contribution is -0.103. The lowest BCUT2D eigenvalue weighted by Gasteiger charge is -2.40. The van der Waals surface area contributed by atoms with E-state index in [1.807, 2.05) is 13.8 Å². The molecular weight excluding hydrogens is 178 g/mol. The summed E-state index contributed by atoms with van der Waals surface area (Å²) in [6.45, 7) is 11.5. The van der Waals surface area contributed by atoms with Gasteiger partial charge < -0.3 is 9.84 Å². The summed E-state index contributed by atoms with van der Waals surface area (Å²) in [5.74, 6) is 0. The first-order valence-electron chi connectivity index (χ1n) is 5.43. The fourth-order valence-corrected chi connectivity index (χ4v) is 1.84. The molecule has 0 saturated carbocycles. The molecule has 1 atom stereocenters. The summed E-state index contributed by atoms with van der Waals surface area (Å²) in [7, 11) is 0. The molecule has 1 saturated heterocycles. The van der Waals surface area contributed by atoms with Crippen LogP contribution >= 0.6 is 0 Å². The molecule has 0 bridgehead atoms. The summed E-state index contributed by atoms with van der Waals surface area (Å²) in [6.07, 6.45) is 0.796. The van der Waals surface area contributed by atoms with E-state index in [1.54, 1.807) is 0 Å². The predicted octanol–water partition coefficient (Wildman–Crippen LogP) is 1.26. The summed E-state index contributed by atoms with van der Waals surface area (Å²) >= 11 is 0. The van der Waals surface area contributed by atoms with Crippen LogP contribution in [0.25, 0.3) is 0 Å². The van der Waals surface area contributed by atoms with Crippen LogP contribution in [0.15, 0.2) is 0 Å². The van der Waals surface area contributed by atoms with Gasteiger partial charge in [-0.25, -0.2) is 0 Å². The average molecular weight is 201 g/mol. The van der Waals surface area contributed by atoms with Gasteiger partial charge in [0, 0.05) is 19.6 Å². The Morgan fingerprint density at radius 2 is 2.14 bits per heavy atom. The smallest absolute Gasteiger partial charge is 0.0753 e. The van der Waals surface area contributed by atoms with Crippen LogP contribution in [-0.4, -0.2) is 47.4 Å². The fraction of sp³-hybridized carbons (Fsp3) is 1.00. The first-order chi connectivity index (χ1) is 6.35. The Kier molecular flexibility index (Phi) is 3.56. The first-order valence-corrected chi connectivity index (χ1v) is 5.43. The predicted molar refractivity (Wildman–Crippen MR) is 57.4 cm³/mol. The van der Waals surface area contributed by atoms with Gasteiger partial charge in [0.25, 0.3) is 0 Å². The number of ether oxygens (including phenoxy) is 1. The van der Waals surface area contributed by atoms with Crippen molar-refractivity contribution in [2.75, 3.05) is 26.2 Å².